The van der Waals surface area contributed by atoms with Crippen molar-refractivity contribution in [1.29, 1.82) is 0 Å². The largest absolute Gasteiger partial charge is 0.428 e. The van der Waals surface area contributed by atoms with Gasteiger partial charge in [-0.25, -0.2) is 9.37 Å². The number of nitro groups is 1. The minimum atomic E-state index is -0.827. The molecule has 0 saturated carbocycles. The Bertz CT molecular complexity index is 666. The molecule has 2 rings (SSSR count). The van der Waals surface area contributed by atoms with Crippen LogP contribution in [0.4, 0.5) is 10.1 Å². The monoisotopic (exact) mass is 341 g/mol. The summed E-state index contributed by atoms with van der Waals surface area (Å²) in [6.07, 6.45) is 0.551. The molecule has 0 N–H and O–H groups in total. The standard InChI is InChI=1S/C12H9BrFN3O3/c1-2-10-15-9(13)6-11(16-10)20-12-7(14)4-3-5-8(12)17(18)19/h3-6H,2H2,1H3. The van der Waals surface area contributed by atoms with E-state index in [4.69, 9.17) is 4.74 Å². The molecular formula is C12H9BrFN3O3. The fourth-order valence-corrected chi connectivity index (χ4v) is 1.90. The number of ether oxygens (including phenoxy) is 1. The summed E-state index contributed by atoms with van der Waals surface area (Å²) in [6.45, 7) is 1.84. The van der Waals surface area contributed by atoms with E-state index in [1.807, 2.05) is 6.92 Å². The number of para-hydroxylation sites is 1. The lowest BCUT2D eigenvalue weighted by Gasteiger charge is -2.07. The molecule has 0 fully saturated rings. The Kier molecular flexibility index (Phi) is 4.23. The lowest BCUT2D eigenvalue weighted by molar-refractivity contribution is -0.385. The Morgan fingerprint density at radius 2 is 2.20 bits per heavy atom. The fraction of sp³-hybridized carbons (Fsp3) is 0.167. The molecule has 0 spiro atoms. The molecule has 0 amide bonds. The second-order valence-corrected chi connectivity index (χ2v) is 4.56. The molecule has 0 atom stereocenters. The number of hydrogen-bond donors (Lipinski definition) is 0. The van der Waals surface area contributed by atoms with Crippen molar-refractivity contribution in [2.75, 3.05) is 0 Å². The Morgan fingerprint density at radius 1 is 1.45 bits per heavy atom. The number of aryl methyl sites for hydroxylation is 1. The predicted molar refractivity (Wildman–Crippen MR) is 72.2 cm³/mol. The van der Waals surface area contributed by atoms with Crippen LogP contribution in [0.15, 0.2) is 28.9 Å². The molecule has 2 aromatic rings. The van der Waals surface area contributed by atoms with Gasteiger partial charge in [-0.15, -0.1) is 0 Å². The van der Waals surface area contributed by atoms with Crippen LogP contribution in [-0.4, -0.2) is 14.9 Å². The molecule has 0 radical (unpaired) electrons. The Hall–Kier alpha value is -2.09. The summed E-state index contributed by atoms with van der Waals surface area (Å²) in [4.78, 5) is 18.3. The van der Waals surface area contributed by atoms with E-state index in [1.54, 1.807) is 0 Å². The van der Waals surface area contributed by atoms with Crippen molar-refractivity contribution in [3.63, 3.8) is 0 Å². The topological polar surface area (TPSA) is 78.2 Å². The minimum Gasteiger partial charge on any atom is -0.428 e. The highest BCUT2D eigenvalue weighted by molar-refractivity contribution is 9.10. The number of benzene rings is 1. The molecule has 6 nitrogen and oxygen atoms in total. The van der Waals surface area contributed by atoms with E-state index in [0.29, 0.717) is 16.8 Å². The van der Waals surface area contributed by atoms with Crippen LogP contribution in [0.25, 0.3) is 0 Å². The van der Waals surface area contributed by atoms with Gasteiger partial charge < -0.3 is 4.74 Å². The third kappa shape index (κ3) is 3.08. The summed E-state index contributed by atoms with van der Waals surface area (Å²) in [5, 5.41) is 10.9. The van der Waals surface area contributed by atoms with Crippen LogP contribution in [0.3, 0.4) is 0 Å². The molecule has 104 valence electrons. The lowest BCUT2D eigenvalue weighted by atomic mass is 10.3. The van der Waals surface area contributed by atoms with Crippen LogP contribution in [0, 0.1) is 15.9 Å². The number of nitrogens with zero attached hydrogens (tertiary/aromatic N) is 3. The second-order valence-electron chi connectivity index (χ2n) is 3.75. The number of nitro benzene ring substituents is 1. The molecule has 1 heterocycles. The SMILES string of the molecule is CCc1nc(Br)cc(Oc2c(F)cccc2[N+](=O)[O-])n1. The van der Waals surface area contributed by atoms with E-state index in [0.717, 1.165) is 12.1 Å². The van der Waals surface area contributed by atoms with E-state index < -0.39 is 22.2 Å². The van der Waals surface area contributed by atoms with E-state index in [2.05, 4.69) is 25.9 Å². The van der Waals surface area contributed by atoms with Crippen molar-refractivity contribution >= 4 is 21.6 Å². The van der Waals surface area contributed by atoms with Gasteiger partial charge >= 0.3 is 5.69 Å². The summed E-state index contributed by atoms with van der Waals surface area (Å²) in [5.41, 5.74) is -0.460. The van der Waals surface area contributed by atoms with E-state index in [9.17, 15) is 14.5 Å². The first-order chi connectivity index (χ1) is 9.51. The van der Waals surface area contributed by atoms with E-state index >= 15 is 0 Å². The van der Waals surface area contributed by atoms with Crippen molar-refractivity contribution in [3.8, 4) is 11.6 Å². The maximum atomic E-state index is 13.7. The number of rotatable bonds is 4. The first-order valence-corrected chi connectivity index (χ1v) is 6.44. The lowest BCUT2D eigenvalue weighted by Crippen LogP contribution is -2.00. The predicted octanol–water partition coefficient (Wildman–Crippen LogP) is 3.64. The molecule has 8 heteroatoms. The van der Waals surface area contributed by atoms with Gasteiger partial charge in [-0.3, -0.25) is 10.1 Å². The van der Waals surface area contributed by atoms with Gasteiger partial charge in [0.1, 0.15) is 10.4 Å². The summed E-state index contributed by atoms with van der Waals surface area (Å²) >= 11 is 3.17. The fourth-order valence-electron chi connectivity index (χ4n) is 1.50. The average Bonchev–Trinajstić information content (AvgIpc) is 2.40. The first-order valence-electron chi connectivity index (χ1n) is 5.65. The highest BCUT2D eigenvalue weighted by Gasteiger charge is 2.21. The molecule has 0 aliphatic heterocycles. The Balaban J connectivity index is 2.44. The van der Waals surface area contributed by atoms with Gasteiger partial charge in [-0.05, 0) is 22.0 Å². The third-order valence-electron chi connectivity index (χ3n) is 2.38. The summed E-state index contributed by atoms with van der Waals surface area (Å²) in [7, 11) is 0. The zero-order chi connectivity index (χ0) is 14.7. The van der Waals surface area contributed by atoms with Crippen molar-refractivity contribution < 1.29 is 14.1 Å². The highest BCUT2D eigenvalue weighted by atomic mass is 79.9. The maximum Gasteiger partial charge on any atom is 0.314 e. The summed E-state index contributed by atoms with van der Waals surface area (Å²) < 4.78 is 19.4. The molecule has 0 unspecified atom stereocenters. The van der Waals surface area contributed by atoms with Gasteiger partial charge in [0.05, 0.1) is 4.92 Å². The highest BCUT2D eigenvalue weighted by Crippen LogP contribution is 2.33. The molecule has 20 heavy (non-hydrogen) atoms. The van der Waals surface area contributed by atoms with Gasteiger partial charge in [-0.1, -0.05) is 13.0 Å². The van der Waals surface area contributed by atoms with Crippen molar-refractivity contribution in [1.82, 2.24) is 9.97 Å². The van der Waals surface area contributed by atoms with Gasteiger partial charge in [-0.2, -0.15) is 4.98 Å². The van der Waals surface area contributed by atoms with Crippen molar-refractivity contribution in [2.24, 2.45) is 0 Å². The van der Waals surface area contributed by atoms with Gasteiger partial charge in [0.2, 0.25) is 11.6 Å². The van der Waals surface area contributed by atoms with E-state index in [-0.39, 0.29) is 5.88 Å². The van der Waals surface area contributed by atoms with Crippen LogP contribution in [0.2, 0.25) is 0 Å². The number of halogens is 2. The molecular weight excluding hydrogens is 333 g/mol. The zero-order valence-electron chi connectivity index (χ0n) is 10.3. The Labute approximate surface area is 121 Å². The minimum absolute atomic E-state index is 0.0388. The molecule has 0 bridgehead atoms. The van der Waals surface area contributed by atoms with Gasteiger partial charge in [0.15, 0.2) is 5.82 Å². The Morgan fingerprint density at radius 3 is 2.85 bits per heavy atom. The zero-order valence-corrected chi connectivity index (χ0v) is 11.9. The molecule has 0 aliphatic carbocycles. The molecule has 1 aromatic heterocycles. The van der Waals surface area contributed by atoms with Crippen LogP contribution < -0.4 is 4.74 Å². The van der Waals surface area contributed by atoms with Crippen LogP contribution in [0.5, 0.6) is 11.6 Å². The van der Waals surface area contributed by atoms with Crippen molar-refractivity contribution in [2.45, 2.75) is 13.3 Å². The van der Waals surface area contributed by atoms with Gasteiger partial charge in [0.25, 0.3) is 0 Å². The number of aromatic nitrogens is 2. The summed E-state index contributed by atoms with van der Waals surface area (Å²) in [5.74, 6) is -0.776. The number of hydrogen-bond acceptors (Lipinski definition) is 5. The van der Waals surface area contributed by atoms with Crippen LogP contribution in [-0.2, 0) is 6.42 Å². The normalized spacial score (nSPS) is 10.3. The quantitative estimate of drug-likeness (QED) is 0.482. The average molecular weight is 342 g/mol. The van der Waals surface area contributed by atoms with Crippen molar-refractivity contribution in [3.05, 3.63) is 50.6 Å². The maximum absolute atomic E-state index is 13.7. The van der Waals surface area contributed by atoms with Gasteiger partial charge in [0, 0.05) is 18.6 Å². The second kappa shape index (κ2) is 5.91. The molecule has 0 saturated heterocycles. The van der Waals surface area contributed by atoms with Crippen LogP contribution in [0.1, 0.15) is 12.7 Å². The van der Waals surface area contributed by atoms with E-state index in [1.165, 1.54) is 12.1 Å². The third-order valence-corrected chi connectivity index (χ3v) is 2.79. The molecule has 0 aliphatic rings. The van der Waals surface area contributed by atoms with Crippen LogP contribution >= 0.6 is 15.9 Å². The first kappa shape index (κ1) is 14.3. The smallest absolute Gasteiger partial charge is 0.314 e. The summed E-state index contributed by atoms with van der Waals surface area (Å²) in [6, 6.07) is 4.90. The molecule has 1 aromatic carbocycles.